The van der Waals surface area contributed by atoms with Gasteiger partial charge in [-0.2, -0.15) is 0 Å². The zero-order chi connectivity index (χ0) is 19.5. The van der Waals surface area contributed by atoms with Crippen LogP contribution < -0.4 is 21.2 Å². The van der Waals surface area contributed by atoms with Crippen LogP contribution >= 0.6 is 0 Å². The number of aryl methyl sites for hydroxylation is 1. The van der Waals surface area contributed by atoms with Crippen LogP contribution in [0.4, 0.5) is 16.3 Å². The molecule has 0 spiro atoms. The van der Waals surface area contributed by atoms with Gasteiger partial charge in [0.1, 0.15) is 5.82 Å². The zero-order valence-corrected chi connectivity index (χ0v) is 15.8. The second-order valence-electron chi connectivity index (χ2n) is 7.10. The summed E-state index contributed by atoms with van der Waals surface area (Å²) in [7, 11) is 0. The van der Waals surface area contributed by atoms with Crippen molar-refractivity contribution in [3.8, 4) is 0 Å². The number of pyridine rings is 1. The van der Waals surface area contributed by atoms with Crippen LogP contribution in [0.1, 0.15) is 30.5 Å². The second-order valence-corrected chi connectivity index (χ2v) is 7.10. The average molecular weight is 380 g/mol. The number of nitrogens with zero attached hydrogens (tertiary/aromatic N) is 2. The van der Waals surface area contributed by atoms with Crippen molar-refractivity contribution in [1.82, 2.24) is 20.3 Å². The number of nitrogens with one attached hydrogen (secondary N) is 4. The van der Waals surface area contributed by atoms with E-state index in [-0.39, 0.29) is 11.7 Å². The fraction of sp³-hybridized carbons (Fsp3) is 0.350. The van der Waals surface area contributed by atoms with E-state index in [9.17, 15) is 9.59 Å². The van der Waals surface area contributed by atoms with Crippen molar-refractivity contribution in [2.45, 2.75) is 32.7 Å². The monoisotopic (exact) mass is 380 g/mol. The van der Waals surface area contributed by atoms with Crippen molar-refractivity contribution < 1.29 is 4.79 Å². The number of fused-ring (bicyclic) bond motifs is 1. The quantitative estimate of drug-likeness (QED) is 0.558. The molecule has 28 heavy (non-hydrogen) atoms. The van der Waals surface area contributed by atoms with Gasteiger partial charge in [0, 0.05) is 30.9 Å². The molecule has 8 nitrogen and oxygen atoms in total. The van der Waals surface area contributed by atoms with Gasteiger partial charge in [-0.15, -0.1) is 0 Å². The molecule has 4 rings (SSSR count). The summed E-state index contributed by atoms with van der Waals surface area (Å²) >= 11 is 0. The maximum Gasteiger partial charge on any atom is 0.323 e. The summed E-state index contributed by atoms with van der Waals surface area (Å²) in [4.78, 5) is 36.3. The van der Waals surface area contributed by atoms with Gasteiger partial charge in [-0.3, -0.25) is 0 Å². The first kappa shape index (κ1) is 18.1. The van der Waals surface area contributed by atoms with Crippen molar-refractivity contribution in [1.29, 1.82) is 0 Å². The van der Waals surface area contributed by atoms with Gasteiger partial charge in [-0.05, 0) is 44.4 Å². The van der Waals surface area contributed by atoms with Crippen LogP contribution in [0.2, 0.25) is 0 Å². The molecule has 1 fully saturated rings. The third kappa shape index (κ3) is 3.85. The molecule has 4 N–H and O–H groups in total. The number of amides is 2. The van der Waals surface area contributed by atoms with Crippen LogP contribution in [-0.2, 0) is 6.54 Å². The Balaban J connectivity index is 1.47. The summed E-state index contributed by atoms with van der Waals surface area (Å²) in [6.07, 6.45) is 3.59. The third-order valence-electron chi connectivity index (χ3n) is 4.99. The van der Waals surface area contributed by atoms with Gasteiger partial charge in [0.25, 0.3) is 0 Å². The van der Waals surface area contributed by atoms with Crippen LogP contribution in [0.15, 0.2) is 35.1 Å². The van der Waals surface area contributed by atoms with Crippen molar-refractivity contribution in [3.63, 3.8) is 0 Å². The fourth-order valence-corrected chi connectivity index (χ4v) is 3.59. The van der Waals surface area contributed by atoms with E-state index in [4.69, 9.17) is 4.98 Å². The Morgan fingerprint density at radius 1 is 1.14 bits per heavy atom. The molecule has 1 saturated heterocycles. The number of anilines is 2. The molecule has 2 aromatic heterocycles. The van der Waals surface area contributed by atoms with E-state index in [0.29, 0.717) is 23.3 Å². The Labute approximate surface area is 162 Å². The van der Waals surface area contributed by atoms with Gasteiger partial charge >= 0.3 is 11.7 Å². The van der Waals surface area contributed by atoms with Gasteiger partial charge in [-0.1, -0.05) is 12.1 Å². The third-order valence-corrected chi connectivity index (χ3v) is 4.99. The molecule has 1 aromatic carbocycles. The summed E-state index contributed by atoms with van der Waals surface area (Å²) in [6.45, 7) is 4.36. The summed E-state index contributed by atoms with van der Waals surface area (Å²) in [5.74, 6) is 0.956. The van der Waals surface area contributed by atoms with Crippen molar-refractivity contribution in [2.75, 3.05) is 23.3 Å². The number of imidazole rings is 1. The number of urea groups is 1. The van der Waals surface area contributed by atoms with E-state index in [2.05, 4.69) is 25.5 Å². The molecule has 0 bridgehead atoms. The molecular weight excluding hydrogens is 356 g/mol. The molecule has 0 aliphatic carbocycles. The Morgan fingerprint density at radius 3 is 2.79 bits per heavy atom. The molecule has 0 saturated carbocycles. The minimum atomic E-state index is -0.334. The molecule has 0 atom stereocenters. The molecule has 1 aliphatic heterocycles. The van der Waals surface area contributed by atoms with Gasteiger partial charge in [-0.25, -0.2) is 14.6 Å². The number of carbonyl (C=O) groups is 1. The molecule has 2 amide bonds. The first-order valence-electron chi connectivity index (χ1n) is 9.57. The number of piperidine rings is 1. The molecule has 1 aliphatic rings. The van der Waals surface area contributed by atoms with Crippen LogP contribution in [0.25, 0.3) is 11.0 Å². The van der Waals surface area contributed by atoms with E-state index >= 15 is 0 Å². The molecular formula is C20H24N6O2. The van der Waals surface area contributed by atoms with E-state index in [0.717, 1.165) is 30.2 Å². The number of hydrogen-bond acceptors (Lipinski definition) is 4. The SMILES string of the molecule is Cc1ccc(CNC(=O)Nc2cccc3[nH]c(=O)[nH]c23)c(N2CCCCC2)n1. The largest absolute Gasteiger partial charge is 0.356 e. The number of hydrogen-bond donors (Lipinski definition) is 4. The normalized spacial score (nSPS) is 14.2. The summed E-state index contributed by atoms with van der Waals surface area (Å²) in [5.41, 5.74) is 3.44. The van der Waals surface area contributed by atoms with Gasteiger partial charge in [0.2, 0.25) is 0 Å². The van der Waals surface area contributed by atoms with Crippen LogP contribution in [0, 0.1) is 6.92 Å². The van der Waals surface area contributed by atoms with Crippen molar-refractivity contribution in [2.24, 2.45) is 0 Å². The molecule has 8 heteroatoms. The van der Waals surface area contributed by atoms with E-state index < -0.39 is 0 Å². The fourth-order valence-electron chi connectivity index (χ4n) is 3.59. The van der Waals surface area contributed by atoms with Crippen LogP contribution in [0.5, 0.6) is 0 Å². The van der Waals surface area contributed by atoms with Crippen molar-refractivity contribution in [3.05, 3.63) is 52.1 Å². The van der Waals surface area contributed by atoms with Gasteiger partial charge < -0.3 is 25.5 Å². The van der Waals surface area contributed by atoms with Crippen LogP contribution in [-0.4, -0.2) is 34.1 Å². The standard InChI is InChI=1S/C20H24N6O2/c1-13-8-9-14(18(22-13)26-10-3-2-4-11-26)12-21-19(27)23-15-6-5-7-16-17(15)25-20(28)24-16/h5-9H,2-4,10-12H2,1H3,(H2,21,23,27)(H2,24,25,28). The lowest BCUT2D eigenvalue weighted by molar-refractivity contribution is 0.252. The highest BCUT2D eigenvalue weighted by Gasteiger charge is 2.17. The molecule has 0 radical (unpaired) electrons. The lowest BCUT2D eigenvalue weighted by Crippen LogP contribution is -2.33. The van der Waals surface area contributed by atoms with Gasteiger partial charge in [0.05, 0.1) is 16.7 Å². The Morgan fingerprint density at radius 2 is 1.96 bits per heavy atom. The van der Waals surface area contributed by atoms with E-state index in [1.165, 1.54) is 19.3 Å². The number of H-pyrrole nitrogens is 2. The summed E-state index contributed by atoms with van der Waals surface area (Å²) < 4.78 is 0. The topological polar surface area (TPSA) is 106 Å². The van der Waals surface area contributed by atoms with E-state index in [1.807, 2.05) is 19.1 Å². The maximum absolute atomic E-state index is 12.4. The number of carbonyl (C=O) groups excluding carboxylic acids is 1. The molecule has 3 heterocycles. The lowest BCUT2D eigenvalue weighted by atomic mass is 10.1. The molecule has 3 aromatic rings. The first-order chi connectivity index (χ1) is 13.6. The summed E-state index contributed by atoms with van der Waals surface area (Å²) in [5, 5.41) is 5.70. The Hall–Kier alpha value is -3.29. The number of para-hydroxylation sites is 1. The lowest BCUT2D eigenvalue weighted by Gasteiger charge is -2.29. The van der Waals surface area contributed by atoms with E-state index in [1.54, 1.807) is 18.2 Å². The molecule has 146 valence electrons. The second kappa shape index (κ2) is 7.75. The highest BCUT2D eigenvalue weighted by molar-refractivity contribution is 5.98. The maximum atomic E-state index is 12.4. The number of rotatable bonds is 4. The minimum absolute atomic E-state index is 0.304. The Kier molecular flexibility index (Phi) is 5.01. The number of aromatic amines is 2. The molecule has 0 unspecified atom stereocenters. The van der Waals surface area contributed by atoms with Gasteiger partial charge in [0.15, 0.2) is 0 Å². The smallest absolute Gasteiger partial charge is 0.323 e. The Bertz CT molecular complexity index is 1050. The summed E-state index contributed by atoms with van der Waals surface area (Å²) in [6, 6.07) is 8.96. The number of benzene rings is 1. The average Bonchev–Trinajstić information content (AvgIpc) is 3.09. The minimum Gasteiger partial charge on any atom is -0.356 e. The zero-order valence-electron chi connectivity index (χ0n) is 15.8. The first-order valence-corrected chi connectivity index (χ1v) is 9.57. The predicted octanol–water partition coefficient (Wildman–Crippen LogP) is 2.87. The highest BCUT2D eigenvalue weighted by atomic mass is 16.2. The predicted molar refractivity (Wildman–Crippen MR) is 110 cm³/mol. The van der Waals surface area contributed by atoms with Crippen molar-refractivity contribution >= 4 is 28.6 Å². The highest BCUT2D eigenvalue weighted by Crippen LogP contribution is 2.23. The van der Waals surface area contributed by atoms with Crippen LogP contribution in [0.3, 0.4) is 0 Å². The number of aromatic nitrogens is 3.